The molecule has 3 heterocycles. The molecule has 122 valence electrons. The molecule has 0 bridgehead atoms. The Kier molecular flexibility index (Phi) is 4.80. The minimum absolute atomic E-state index is 0.0887. The number of nitrogens with zero attached hydrogens (tertiary/aromatic N) is 3. The van der Waals surface area contributed by atoms with Gasteiger partial charge < -0.3 is 9.64 Å². The average Bonchev–Trinajstić information content (AvgIpc) is 3.14. The molecule has 5 nitrogen and oxygen atoms in total. The molecule has 1 aromatic rings. The average molecular weight is 323 g/mol. The molecule has 2 atom stereocenters. The Balaban J connectivity index is 1.66. The highest BCUT2D eigenvalue weighted by atomic mass is 32.1. The molecule has 0 aromatic carbocycles. The predicted molar refractivity (Wildman–Crippen MR) is 87.5 cm³/mol. The standard InChI is InChI=1S/C16H25N3O2S/c1-11(2)15-17-13(10-22-15)16(20)19-8-12(3)14(9-19)18-4-6-21-7-5-18/h10-12,14H,4-9H2,1-3H3. The van der Waals surface area contributed by atoms with Crippen molar-refractivity contribution in [3.8, 4) is 0 Å². The Hall–Kier alpha value is -0.980. The Morgan fingerprint density at radius 1 is 1.36 bits per heavy atom. The summed E-state index contributed by atoms with van der Waals surface area (Å²) in [5, 5.41) is 2.95. The third kappa shape index (κ3) is 3.19. The normalized spacial score (nSPS) is 26.8. The fourth-order valence-corrected chi connectivity index (χ4v) is 4.12. The second-order valence-corrected chi connectivity index (χ2v) is 7.52. The van der Waals surface area contributed by atoms with Crippen molar-refractivity contribution in [1.29, 1.82) is 0 Å². The van der Waals surface area contributed by atoms with Crippen molar-refractivity contribution in [2.75, 3.05) is 39.4 Å². The van der Waals surface area contributed by atoms with Gasteiger partial charge >= 0.3 is 0 Å². The second kappa shape index (κ2) is 6.64. The monoisotopic (exact) mass is 323 g/mol. The molecular weight excluding hydrogens is 298 g/mol. The largest absolute Gasteiger partial charge is 0.379 e. The summed E-state index contributed by atoms with van der Waals surface area (Å²) in [5.74, 6) is 0.973. The third-order valence-electron chi connectivity index (χ3n) is 4.61. The van der Waals surface area contributed by atoms with Crippen molar-refractivity contribution in [2.45, 2.75) is 32.7 Å². The second-order valence-electron chi connectivity index (χ2n) is 6.63. The van der Waals surface area contributed by atoms with Crippen LogP contribution in [0.4, 0.5) is 0 Å². The molecule has 2 unspecified atom stereocenters. The summed E-state index contributed by atoms with van der Waals surface area (Å²) in [6, 6.07) is 0.455. The number of carbonyl (C=O) groups is 1. The number of likely N-dealkylation sites (tertiary alicyclic amines) is 1. The van der Waals surface area contributed by atoms with Gasteiger partial charge in [-0.25, -0.2) is 4.98 Å². The van der Waals surface area contributed by atoms with E-state index in [9.17, 15) is 4.79 Å². The van der Waals surface area contributed by atoms with E-state index in [0.717, 1.165) is 44.4 Å². The van der Waals surface area contributed by atoms with Crippen molar-refractivity contribution in [3.63, 3.8) is 0 Å². The molecule has 2 aliphatic heterocycles. The molecular formula is C16H25N3O2S. The van der Waals surface area contributed by atoms with Gasteiger partial charge in [-0.3, -0.25) is 9.69 Å². The predicted octanol–water partition coefficient (Wildman–Crippen LogP) is 2.06. The zero-order valence-electron chi connectivity index (χ0n) is 13.6. The zero-order valence-corrected chi connectivity index (χ0v) is 14.4. The van der Waals surface area contributed by atoms with E-state index in [4.69, 9.17) is 4.74 Å². The number of aromatic nitrogens is 1. The highest BCUT2D eigenvalue weighted by molar-refractivity contribution is 7.09. The lowest BCUT2D eigenvalue weighted by atomic mass is 10.0. The fourth-order valence-electron chi connectivity index (χ4n) is 3.31. The number of hydrogen-bond acceptors (Lipinski definition) is 5. The summed E-state index contributed by atoms with van der Waals surface area (Å²) in [6.45, 7) is 11.7. The summed E-state index contributed by atoms with van der Waals surface area (Å²) in [5.41, 5.74) is 0.614. The first-order valence-corrected chi connectivity index (χ1v) is 9.00. The van der Waals surface area contributed by atoms with E-state index in [-0.39, 0.29) is 5.91 Å². The van der Waals surface area contributed by atoms with Crippen molar-refractivity contribution >= 4 is 17.2 Å². The van der Waals surface area contributed by atoms with Crippen LogP contribution < -0.4 is 0 Å². The summed E-state index contributed by atoms with van der Waals surface area (Å²) in [6.07, 6.45) is 0. The van der Waals surface area contributed by atoms with Gasteiger partial charge in [0.2, 0.25) is 0 Å². The molecule has 2 aliphatic rings. The van der Waals surface area contributed by atoms with E-state index in [0.29, 0.717) is 23.6 Å². The summed E-state index contributed by atoms with van der Waals surface area (Å²) >= 11 is 1.59. The van der Waals surface area contributed by atoms with Gasteiger partial charge in [-0.05, 0) is 5.92 Å². The van der Waals surface area contributed by atoms with Crippen molar-refractivity contribution < 1.29 is 9.53 Å². The first kappa shape index (κ1) is 15.9. The molecule has 0 N–H and O–H groups in total. The van der Waals surface area contributed by atoms with Crippen molar-refractivity contribution in [3.05, 3.63) is 16.1 Å². The Morgan fingerprint density at radius 2 is 2.09 bits per heavy atom. The van der Waals surface area contributed by atoms with E-state index in [1.54, 1.807) is 11.3 Å². The molecule has 2 fully saturated rings. The van der Waals surface area contributed by atoms with Crippen LogP contribution in [0.25, 0.3) is 0 Å². The lowest BCUT2D eigenvalue weighted by molar-refractivity contribution is 0.0119. The quantitative estimate of drug-likeness (QED) is 0.854. The number of morpholine rings is 1. The van der Waals surface area contributed by atoms with Crippen LogP contribution in [-0.4, -0.2) is 66.1 Å². The van der Waals surface area contributed by atoms with Gasteiger partial charge in [-0.15, -0.1) is 11.3 Å². The number of rotatable bonds is 3. The van der Waals surface area contributed by atoms with E-state index >= 15 is 0 Å². The number of ether oxygens (including phenoxy) is 1. The fraction of sp³-hybridized carbons (Fsp3) is 0.750. The first-order chi connectivity index (χ1) is 10.6. The number of thiazole rings is 1. The van der Waals surface area contributed by atoms with Gasteiger partial charge in [-0.1, -0.05) is 20.8 Å². The van der Waals surface area contributed by atoms with E-state index in [1.807, 2.05) is 10.3 Å². The molecule has 0 radical (unpaired) electrons. The van der Waals surface area contributed by atoms with Gasteiger partial charge in [-0.2, -0.15) is 0 Å². The third-order valence-corrected chi connectivity index (χ3v) is 5.75. The molecule has 0 saturated carbocycles. The van der Waals surface area contributed by atoms with Crippen LogP contribution in [-0.2, 0) is 4.74 Å². The summed E-state index contributed by atoms with van der Waals surface area (Å²) < 4.78 is 5.43. The molecule has 22 heavy (non-hydrogen) atoms. The van der Waals surface area contributed by atoms with Crippen LogP contribution in [0.5, 0.6) is 0 Å². The SMILES string of the molecule is CC(C)c1nc(C(=O)N2CC(C)C(N3CCOCC3)C2)cs1. The van der Waals surface area contributed by atoms with E-state index < -0.39 is 0 Å². The van der Waals surface area contributed by atoms with Crippen molar-refractivity contribution in [2.24, 2.45) is 5.92 Å². The Labute approximate surface area is 136 Å². The maximum absolute atomic E-state index is 12.7. The zero-order chi connectivity index (χ0) is 15.7. The summed E-state index contributed by atoms with van der Waals surface area (Å²) in [7, 11) is 0. The topological polar surface area (TPSA) is 45.7 Å². The minimum atomic E-state index is 0.0887. The first-order valence-electron chi connectivity index (χ1n) is 8.12. The Bertz CT molecular complexity index is 525. The highest BCUT2D eigenvalue weighted by Gasteiger charge is 2.37. The minimum Gasteiger partial charge on any atom is -0.379 e. The summed E-state index contributed by atoms with van der Waals surface area (Å²) in [4.78, 5) is 21.6. The molecule has 1 amide bonds. The van der Waals surface area contributed by atoms with Gasteiger partial charge in [0.15, 0.2) is 0 Å². The van der Waals surface area contributed by atoms with Crippen LogP contribution in [0.3, 0.4) is 0 Å². The number of hydrogen-bond donors (Lipinski definition) is 0. The van der Waals surface area contributed by atoms with Gasteiger partial charge in [0.05, 0.1) is 18.2 Å². The highest BCUT2D eigenvalue weighted by Crippen LogP contribution is 2.25. The van der Waals surface area contributed by atoms with Gasteiger partial charge in [0, 0.05) is 43.5 Å². The molecule has 0 aliphatic carbocycles. The molecule has 6 heteroatoms. The van der Waals surface area contributed by atoms with Gasteiger partial charge in [0.1, 0.15) is 5.69 Å². The lowest BCUT2D eigenvalue weighted by Gasteiger charge is -2.33. The molecule has 0 spiro atoms. The smallest absolute Gasteiger partial charge is 0.273 e. The lowest BCUT2D eigenvalue weighted by Crippen LogP contribution is -2.47. The Morgan fingerprint density at radius 3 is 2.73 bits per heavy atom. The maximum atomic E-state index is 12.7. The molecule has 2 saturated heterocycles. The van der Waals surface area contributed by atoms with Gasteiger partial charge in [0.25, 0.3) is 5.91 Å². The maximum Gasteiger partial charge on any atom is 0.273 e. The van der Waals surface area contributed by atoms with Crippen LogP contribution in [0, 0.1) is 5.92 Å². The van der Waals surface area contributed by atoms with E-state index in [2.05, 4.69) is 30.7 Å². The molecule has 1 aromatic heterocycles. The van der Waals surface area contributed by atoms with Crippen LogP contribution in [0.15, 0.2) is 5.38 Å². The number of amides is 1. The van der Waals surface area contributed by atoms with Crippen LogP contribution in [0.1, 0.15) is 42.2 Å². The molecule has 3 rings (SSSR count). The van der Waals surface area contributed by atoms with Crippen molar-refractivity contribution in [1.82, 2.24) is 14.8 Å². The van der Waals surface area contributed by atoms with Crippen LogP contribution in [0.2, 0.25) is 0 Å². The number of carbonyl (C=O) groups excluding carboxylic acids is 1. The van der Waals surface area contributed by atoms with Crippen LogP contribution >= 0.6 is 11.3 Å². The van der Waals surface area contributed by atoms with E-state index in [1.165, 1.54) is 0 Å².